The number of hydrogen-bond donors (Lipinski definition) is 3. The quantitative estimate of drug-likeness (QED) is 0.512. The number of fused-ring (bicyclic) bond motifs is 1. The Morgan fingerprint density at radius 1 is 1.23 bits per heavy atom. The second-order valence-corrected chi connectivity index (χ2v) is 7.67. The molecule has 3 aromatic rings. The van der Waals surface area contributed by atoms with Gasteiger partial charge in [-0.05, 0) is 38.0 Å². The minimum Gasteiger partial charge on any atom is -0.352 e. The first-order valence-electron chi connectivity index (χ1n) is 10.3. The van der Waals surface area contributed by atoms with E-state index in [1.54, 1.807) is 25.3 Å². The van der Waals surface area contributed by atoms with Crippen LogP contribution in [0.3, 0.4) is 0 Å². The van der Waals surface area contributed by atoms with Gasteiger partial charge in [-0.25, -0.2) is 0 Å². The van der Waals surface area contributed by atoms with Crippen molar-refractivity contribution in [2.24, 2.45) is 0 Å². The number of rotatable bonds is 6. The molecule has 10 heteroatoms. The number of aryl methyl sites for hydroxylation is 1. The molecule has 162 valence electrons. The van der Waals surface area contributed by atoms with E-state index >= 15 is 0 Å². The molecule has 0 spiro atoms. The summed E-state index contributed by atoms with van der Waals surface area (Å²) in [7, 11) is 0. The molecule has 2 amide bonds. The molecule has 1 fully saturated rings. The fourth-order valence-electron chi connectivity index (χ4n) is 3.94. The number of aromatic amines is 1. The molecule has 4 rings (SSSR count). The summed E-state index contributed by atoms with van der Waals surface area (Å²) >= 11 is 0. The maximum Gasteiger partial charge on any atom is 0.316 e. The molecule has 0 saturated heterocycles. The number of hydrogen-bond acceptors (Lipinski definition) is 5. The van der Waals surface area contributed by atoms with E-state index in [2.05, 4.69) is 20.7 Å². The Morgan fingerprint density at radius 3 is 2.74 bits per heavy atom. The van der Waals surface area contributed by atoms with Crippen LogP contribution in [0.2, 0.25) is 0 Å². The van der Waals surface area contributed by atoms with Gasteiger partial charge in [0.1, 0.15) is 6.54 Å². The highest BCUT2D eigenvalue weighted by Crippen LogP contribution is 2.18. The number of amides is 2. The molecule has 31 heavy (non-hydrogen) atoms. The van der Waals surface area contributed by atoms with Gasteiger partial charge in [-0.2, -0.15) is 5.10 Å². The molecule has 10 nitrogen and oxygen atoms in total. The van der Waals surface area contributed by atoms with Crippen LogP contribution < -0.4 is 21.8 Å². The Morgan fingerprint density at radius 2 is 2.00 bits per heavy atom. The van der Waals surface area contributed by atoms with Crippen LogP contribution in [0.25, 0.3) is 11.0 Å². The summed E-state index contributed by atoms with van der Waals surface area (Å²) in [5.74, 6) is -0.500. The van der Waals surface area contributed by atoms with E-state index in [1.807, 2.05) is 0 Å². The SMILES string of the molecule is CCn1c(=O)c(=O)[nH]c2cc(C(=O)Nc3cnn(CC(=O)NC4CCCC4)c3)ccc21. The van der Waals surface area contributed by atoms with E-state index in [-0.39, 0.29) is 18.5 Å². The third kappa shape index (κ3) is 4.42. The first-order valence-corrected chi connectivity index (χ1v) is 10.3. The van der Waals surface area contributed by atoms with Crippen molar-refractivity contribution in [1.29, 1.82) is 0 Å². The summed E-state index contributed by atoms with van der Waals surface area (Å²) in [6.07, 6.45) is 7.36. The molecule has 0 aliphatic heterocycles. The van der Waals surface area contributed by atoms with Crippen molar-refractivity contribution in [1.82, 2.24) is 24.6 Å². The van der Waals surface area contributed by atoms with Gasteiger partial charge in [0.2, 0.25) is 5.91 Å². The van der Waals surface area contributed by atoms with Crippen molar-refractivity contribution in [3.63, 3.8) is 0 Å². The van der Waals surface area contributed by atoms with Crippen LogP contribution in [0.5, 0.6) is 0 Å². The van der Waals surface area contributed by atoms with Gasteiger partial charge in [0.05, 0.1) is 22.9 Å². The van der Waals surface area contributed by atoms with Crippen LogP contribution in [-0.4, -0.2) is 37.2 Å². The molecular weight excluding hydrogens is 400 g/mol. The predicted molar refractivity (Wildman–Crippen MR) is 115 cm³/mol. The number of benzene rings is 1. The second kappa shape index (κ2) is 8.58. The zero-order valence-electron chi connectivity index (χ0n) is 17.2. The van der Waals surface area contributed by atoms with E-state index in [1.165, 1.54) is 21.5 Å². The highest BCUT2D eigenvalue weighted by molar-refractivity contribution is 6.05. The summed E-state index contributed by atoms with van der Waals surface area (Å²) in [5.41, 5.74) is 0.353. The lowest BCUT2D eigenvalue weighted by molar-refractivity contribution is -0.122. The second-order valence-electron chi connectivity index (χ2n) is 7.67. The molecule has 0 bridgehead atoms. The Bertz CT molecular complexity index is 1250. The minimum absolute atomic E-state index is 0.0815. The van der Waals surface area contributed by atoms with Crippen molar-refractivity contribution < 1.29 is 9.59 Å². The van der Waals surface area contributed by atoms with Crippen LogP contribution in [-0.2, 0) is 17.9 Å². The summed E-state index contributed by atoms with van der Waals surface area (Å²) < 4.78 is 2.83. The van der Waals surface area contributed by atoms with Crippen molar-refractivity contribution in [3.05, 3.63) is 56.9 Å². The van der Waals surface area contributed by atoms with Gasteiger partial charge in [0, 0.05) is 24.3 Å². The number of carbonyl (C=O) groups is 2. The molecule has 1 saturated carbocycles. The number of H-pyrrole nitrogens is 1. The lowest BCUT2D eigenvalue weighted by atomic mass is 10.1. The number of nitrogens with one attached hydrogen (secondary N) is 3. The lowest BCUT2D eigenvalue weighted by Crippen LogP contribution is -2.36. The van der Waals surface area contributed by atoms with Crippen molar-refractivity contribution in [3.8, 4) is 0 Å². The Kier molecular flexibility index (Phi) is 5.70. The van der Waals surface area contributed by atoms with E-state index in [0.717, 1.165) is 25.7 Å². The predicted octanol–water partition coefficient (Wildman–Crippen LogP) is 1.22. The maximum atomic E-state index is 12.6. The third-order valence-corrected chi connectivity index (χ3v) is 5.47. The van der Waals surface area contributed by atoms with E-state index < -0.39 is 17.0 Å². The summed E-state index contributed by atoms with van der Waals surface area (Å²) in [5, 5.41) is 9.85. The average Bonchev–Trinajstić information content (AvgIpc) is 3.40. The van der Waals surface area contributed by atoms with Gasteiger partial charge >= 0.3 is 11.1 Å². The van der Waals surface area contributed by atoms with E-state index in [0.29, 0.717) is 28.8 Å². The molecule has 1 aromatic carbocycles. The first kappa shape index (κ1) is 20.6. The van der Waals surface area contributed by atoms with Crippen molar-refractivity contribution in [2.75, 3.05) is 5.32 Å². The van der Waals surface area contributed by atoms with Crippen LogP contribution in [0.4, 0.5) is 5.69 Å². The van der Waals surface area contributed by atoms with Crippen LogP contribution in [0.1, 0.15) is 43.0 Å². The Labute approximate surface area is 177 Å². The molecule has 0 radical (unpaired) electrons. The maximum absolute atomic E-state index is 12.6. The molecular formula is C21H24N6O4. The molecule has 0 unspecified atom stereocenters. The molecule has 3 N–H and O–H groups in total. The standard InChI is InChI=1S/C21H24N6O4/c1-2-27-17-8-7-13(9-16(17)25-20(30)21(27)31)19(29)24-15-10-22-26(11-15)12-18(28)23-14-5-3-4-6-14/h7-11,14H,2-6,12H2,1H3,(H,23,28)(H,24,29)(H,25,30). The molecule has 2 aromatic heterocycles. The number of aromatic nitrogens is 4. The van der Waals surface area contributed by atoms with Crippen LogP contribution in [0.15, 0.2) is 40.2 Å². The normalized spacial score (nSPS) is 14.1. The van der Waals surface area contributed by atoms with Gasteiger partial charge < -0.3 is 20.2 Å². The van der Waals surface area contributed by atoms with Crippen LogP contribution in [0, 0.1) is 0 Å². The van der Waals surface area contributed by atoms with E-state index in [9.17, 15) is 19.2 Å². The van der Waals surface area contributed by atoms with Gasteiger partial charge in [-0.3, -0.25) is 23.9 Å². The topological polar surface area (TPSA) is 131 Å². The zero-order valence-corrected chi connectivity index (χ0v) is 17.2. The number of anilines is 1. The lowest BCUT2D eigenvalue weighted by Gasteiger charge is -2.11. The molecule has 1 aliphatic rings. The first-order chi connectivity index (χ1) is 14.9. The fourth-order valence-corrected chi connectivity index (χ4v) is 3.94. The van der Waals surface area contributed by atoms with Crippen molar-refractivity contribution >= 4 is 28.5 Å². The summed E-state index contributed by atoms with van der Waals surface area (Å²) in [6.45, 7) is 2.20. The number of nitrogens with zero attached hydrogens (tertiary/aromatic N) is 3. The molecule has 0 atom stereocenters. The fraction of sp³-hybridized carbons (Fsp3) is 0.381. The van der Waals surface area contributed by atoms with Gasteiger partial charge in [0.15, 0.2) is 0 Å². The van der Waals surface area contributed by atoms with Gasteiger partial charge in [-0.15, -0.1) is 0 Å². The minimum atomic E-state index is -0.732. The Balaban J connectivity index is 1.45. The summed E-state index contributed by atoms with van der Waals surface area (Å²) in [6, 6.07) is 4.98. The van der Waals surface area contributed by atoms with Gasteiger partial charge in [-0.1, -0.05) is 12.8 Å². The van der Waals surface area contributed by atoms with Gasteiger partial charge in [0.25, 0.3) is 5.91 Å². The Hall–Kier alpha value is -3.69. The van der Waals surface area contributed by atoms with Crippen molar-refractivity contribution in [2.45, 2.75) is 51.7 Å². The highest BCUT2D eigenvalue weighted by atomic mass is 16.2. The number of carbonyl (C=O) groups excluding carboxylic acids is 2. The largest absolute Gasteiger partial charge is 0.352 e. The highest BCUT2D eigenvalue weighted by Gasteiger charge is 2.17. The van der Waals surface area contributed by atoms with Crippen LogP contribution >= 0.6 is 0 Å². The molecule has 1 aliphatic carbocycles. The third-order valence-electron chi connectivity index (χ3n) is 5.47. The monoisotopic (exact) mass is 424 g/mol. The zero-order chi connectivity index (χ0) is 22.0. The van der Waals surface area contributed by atoms with E-state index in [4.69, 9.17) is 0 Å². The average molecular weight is 424 g/mol. The molecule has 2 heterocycles. The summed E-state index contributed by atoms with van der Waals surface area (Å²) in [4.78, 5) is 51.1. The smallest absolute Gasteiger partial charge is 0.316 e.